The summed E-state index contributed by atoms with van der Waals surface area (Å²) < 4.78 is 2.14. The molecule has 1 rings (SSSR count). The van der Waals surface area contributed by atoms with E-state index in [4.69, 9.17) is 0 Å². The monoisotopic (exact) mass is 265 g/mol. The molecule has 0 amide bonds. The smallest absolute Gasteiger partial charge is 0.0597 e. The molecule has 0 aliphatic carbocycles. The maximum absolute atomic E-state index is 4.57. The molecule has 0 radical (unpaired) electrons. The Kier molecular flexibility index (Phi) is 7.14. The Hall–Kier alpha value is -0.830. The lowest BCUT2D eigenvalue weighted by atomic mass is 9.91. The number of aromatic nitrogens is 2. The predicted octanol–water partition coefficient (Wildman–Crippen LogP) is 4.08. The molecule has 1 aromatic rings. The van der Waals surface area contributed by atoms with Crippen molar-refractivity contribution < 1.29 is 0 Å². The molecule has 2 atom stereocenters. The van der Waals surface area contributed by atoms with Gasteiger partial charge in [0.25, 0.3) is 0 Å². The minimum Gasteiger partial charge on any atom is -0.312 e. The maximum atomic E-state index is 4.57. The van der Waals surface area contributed by atoms with Crippen molar-refractivity contribution in [1.82, 2.24) is 15.1 Å². The predicted molar refractivity (Wildman–Crippen MR) is 82.4 cm³/mol. The fraction of sp³-hybridized carbons (Fsp3) is 0.812. The average molecular weight is 265 g/mol. The summed E-state index contributed by atoms with van der Waals surface area (Å²) in [5.74, 6) is 0.818. The van der Waals surface area contributed by atoms with Crippen molar-refractivity contribution in [3.05, 3.63) is 17.5 Å². The lowest BCUT2D eigenvalue weighted by Crippen LogP contribution is -2.23. The van der Waals surface area contributed by atoms with E-state index in [9.17, 15) is 0 Å². The number of nitrogens with one attached hydrogen (secondary N) is 1. The normalized spacial score (nSPS) is 14.6. The third-order valence-corrected chi connectivity index (χ3v) is 4.05. The number of rotatable bonds is 9. The number of hydrogen-bond donors (Lipinski definition) is 1. The van der Waals surface area contributed by atoms with Gasteiger partial charge in [-0.3, -0.25) is 4.68 Å². The second-order valence-corrected chi connectivity index (χ2v) is 5.52. The Morgan fingerprint density at radius 3 is 2.58 bits per heavy atom. The minimum absolute atomic E-state index is 0.433. The minimum atomic E-state index is 0.433. The first-order chi connectivity index (χ1) is 9.15. The van der Waals surface area contributed by atoms with E-state index in [0.717, 1.165) is 18.2 Å². The van der Waals surface area contributed by atoms with Gasteiger partial charge >= 0.3 is 0 Å². The van der Waals surface area contributed by atoms with E-state index >= 15 is 0 Å². The first kappa shape index (κ1) is 16.2. The molecule has 0 spiro atoms. The first-order valence-electron chi connectivity index (χ1n) is 7.87. The summed E-state index contributed by atoms with van der Waals surface area (Å²) in [6.45, 7) is 9.79. The molecular weight excluding hydrogens is 234 g/mol. The number of aryl methyl sites for hydroxylation is 2. The fourth-order valence-electron chi connectivity index (χ4n) is 2.80. The topological polar surface area (TPSA) is 29.9 Å². The van der Waals surface area contributed by atoms with E-state index in [1.54, 1.807) is 0 Å². The Morgan fingerprint density at radius 1 is 1.32 bits per heavy atom. The van der Waals surface area contributed by atoms with Crippen LogP contribution in [0.3, 0.4) is 0 Å². The molecule has 2 unspecified atom stereocenters. The highest BCUT2D eigenvalue weighted by Gasteiger charge is 2.19. The summed E-state index contributed by atoms with van der Waals surface area (Å²) in [5, 5.41) is 8.06. The van der Waals surface area contributed by atoms with Crippen LogP contribution in [0.25, 0.3) is 0 Å². The van der Waals surface area contributed by atoms with Crippen molar-refractivity contribution in [3.8, 4) is 0 Å². The zero-order chi connectivity index (χ0) is 14.3. The molecule has 0 saturated heterocycles. The number of nitrogens with zero attached hydrogens (tertiary/aromatic N) is 2. The van der Waals surface area contributed by atoms with Gasteiger partial charge in [0.2, 0.25) is 0 Å². The summed E-state index contributed by atoms with van der Waals surface area (Å²) in [6.07, 6.45) is 6.49. The third kappa shape index (κ3) is 4.64. The van der Waals surface area contributed by atoms with Gasteiger partial charge in [0, 0.05) is 12.6 Å². The van der Waals surface area contributed by atoms with Gasteiger partial charge < -0.3 is 5.32 Å². The summed E-state index contributed by atoms with van der Waals surface area (Å²) in [7, 11) is 2.07. The molecule has 0 aliphatic heterocycles. The number of unbranched alkanes of at least 4 members (excludes halogenated alkanes) is 1. The SMILES string of the molecule is CCCCC(CC)CC(NC)c1cc(C)nn1CC. The number of hydrogen-bond acceptors (Lipinski definition) is 2. The largest absolute Gasteiger partial charge is 0.312 e. The van der Waals surface area contributed by atoms with E-state index in [1.165, 1.54) is 37.8 Å². The molecule has 0 bridgehead atoms. The van der Waals surface area contributed by atoms with E-state index < -0.39 is 0 Å². The van der Waals surface area contributed by atoms with Gasteiger partial charge in [-0.15, -0.1) is 0 Å². The third-order valence-electron chi connectivity index (χ3n) is 4.05. The van der Waals surface area contributed by atoms with Crippen LogP contribution in [-0.4, -0.2) is 16.8 Å². The molecule has 1 heterocycles. The molecule has 0 fully saturated rings. The molecule has 1 N–H and O–H groups in total. The van der Waals surface area contributed by atoms with Crippen molar-refractivity contribution in [2.45, 2.75) is 72.4 Å². The standard InChI is InChI=1S/C16H31N3/c1-6-9-10-14(7-2)12-15(17-5)16-11-13(4)18-19(16)8-3/h11,14-15,17H,6-10,12H2,1-5H3. The van der Waals surface area contributed by atoms with Crippen molar-refractivity contribution in [2.24, 2.45) is 5.92 Å². The summed E-state index contributed by atoms with van der Waals surface area (Å²) in [4.78, 5) is 0. The van der Waals surface area contributed by atoms with Gasteiger partial charge in [0.05, 0.1) is 11.4 Å². The van der Waals surface area contributed by atoms with Crippen LogP contribution in [-0.2, 0) is 6.54 Å². The molecule has 1 aromatic heterocycles. The van der Waals surface area contributed by atoms with Gasteiger partial charge in [0.15, 0.2) is 0 Å². The summed E-state index contributed by atoms with van der Waals surface area (Å²) in [6, 6.07) is 2.67. The Balaban J connectivity index is 2.75. The Morgan fingerprint density at radius 2 is 2.05 bits per heavy atom. The molecule has 110 valence electrons. The average Bonchev–Trinajstić information content (AvgIpc) is 2.80. The zero-order valence-corrected chi connectivity index (χ0v) is 13.4. The quantitative estimate of drug-likeness (QED) is 0.729. The van der Waals surface area contributed by atoms with Crippen molar-refractivity contribution in [2.75, 3.05) is 7.05 Å². The molecule has 19 heavy (non-hydrogen) atoms. The van der Waals surface area contributed by atoms with E-state index in [0.29, 0.717) is 6.04 Å². The van der Waals surface area contributed by atoms with Gasteiger partial charge in [-0.25, -0.2) is 0 Å². The van der Waals surface area contributed by atoms with E-state index in [2.05, 4.69) is 55.9 Å². The van der Waals surface area contributed by atoms with Gasteiger partial charge in [0.1, 0.15) is 0 Å². The summed E-state index contributed by atoms with van der Waals surface area (Å²) >= 11 is 0. The lowest BCUT2D eigenvalue weighted by molar-refractivity contribution is 0.352. The van der Waals surface area contributed by atoms with Gasteiger partial charge in [-0.2, -0.15) is 5.10 Å². The molecule has 3 nitrogen and oxygen atoms in total. The maximum Gasteiger partial charge on any atom is 0.0597 e. The zero-order valence-electron chi connectivity index (χ0n) is 13.4. The van der Waals surface area contributed by atoms with Crippen LogP contribution in [0.15, 0.2) is 6.07 Å². The molecule has 0 aliphatic rings. The molecule has 0 aromatic carbocycles. The first-order valence-corrected chi connectivity index (χ1v) is 7.87. The molecule has 0 saturated carbocycles. The van der Waals surface area contributed by atoms with Gasteiger partial charge in [-0.05, 0) is 39.3 Å². The summed E-state index contributed by atoms with van der Waals surface area (Å²) in [5.41, 5.74) is 2.47. The van der Waals surface area contributed by atoms with Crippen LogP contribution in [0.5, 0.6) is 0 Å². The highest BCUT2D eigenvalue weighted by molar-refractivity contribution is 5.13. The lowest BCUT2D eigenvalue weighted by Gasteiger charge is -2.23. The van der Waals surface area contributed by atoms with Crippen LogP contribution in [0.2, 0.25) is 0 Å². The van der Waals surface area contributed by atoms with Crippen LogP contribution in [0.1, 0.15) is 70.3 Å². The second kappa shape index (κ2) is 8.36. The van der Waals surface area contributed by atoms with Crippen molar-refractivity contribution in [1.29, 1.82) is 0 Å². The van der Waals surface area contributed by atoms with Crippen molar-refractivity contribution in [3.63, 3.8) is 0 Å². The van der Waals surface area contributed by atoms with Crippen LogP contribution < -0.4 is 5.32 Å². The van der Waals surface area contributed by atoms with Crippen LogP contribution in [0, 0.1) is 12.8 Å². The highest BCUT2D eigenvalue weighted by atomic mass is 15.3. The van der Waals surface area contributed by atoms with Crippen LogP contribution in [0.4, 0.5) is 0 Å². The Labute approximate surface area is 118 Å². The van der Waals surface area contributed by atoms with E-state index in [-0.39, 0.29) is 0 Å². The molecular formula is C16H31N3. The molecule has 3 heteroatoms. The van der Waals surface area contributed by atoms with Crippen molar-refractivity contribution >= 4 is 0 Å². The fourth-order valence-corrected chi connectivity index (χ4v) is 2.80. The van der Waals surface area contributed by atoms with Gasteiger partial charge in [-0.1, -0.05) is 39.5 Å². The highest BCUT2D eigenvalue weighted by Crippen LogP contribution is 2.27. The second-order valence-electron chi connectivity index (χ2n) is 5.52. The Bertz CT molecular complexity index is 357. The van der Waals surface area contributed by atoms with Crippen LogP contribution >= 0.6 is 0 Å². The van der Waals surface area contributed by atoms with E-state index in [1.807, 2.05) is 0 Å².